The molecule has 3 aromatic heterocycles. The van der Waals surface area contributed by atoms with Crippen molar-refractivity contribution in [2.24, 2.45) is 0 Å². The van der Waals surface area contributed by atoms with Gasteiger partial charge in [-0.3, -0.25) is 0 Å². The monoisotopic (exact) mass is 431 g/mol. The number of H-pyrrole nitrogens is 1. The molecular weight excluding hydrogens is 411 g/mol. The van der Waals surface area contributed by atoms with Gasteiger partial charge in [0, 0.05) is 25.3 Å². The molecule has 2 N–H and O–H groups in total. The SMILES string of the molecule is C1COC2(C1)CNC2.Cc1cn2nc(-c3cc(F)c4n[nH]nc4c3)cc(C(F)F)c2n1. The summed E-state index contributed by atoms with van der Waals surface area (Å²) in [5, 5.41) is 17.3. The van der Waals surface area contributed by atoms with E-state index in [4.69, 9.17) is 4.74 Å². The van der Waals surface area contributed by atoms with Crippen molar-refractivity contribution in [1.82, 2.24) is 35.3 Å². The normalized spacial score (nSPS) is 17.3. The fourth-order valence-electron chi connectivity index (χ4n) is 3.91. The lowest BCUT2D eigenvalue weighted by molar-refractivity contribution is -0.0358. The largest absolute Gasteiger partial charge is 0.372 e. The summed E-state index contributed by atoms with van der Waals surface area (Å²) in [4.78, 5) is 4.05. The Kier molecular flexibility index (Phi) is 4.86. The minimum absolute atomic E-state index is 0.0855. The first-order valence-electron chi connectivity index (χ1n) is 9.94. The van der Waals surface area contributed by atoms with Crippen LogP contribution in [0.25, 0.3) is 27.9 Å². The number of aromatic amines is 1. The molecular formula is C20H20F3N7O. The maximum Gasteiger partial charge on any atom is 0.267 e. The maximum absolute atomic E-state index is 14.0. The smallest absolute Gasteiger partial charge is 0.267 e. The Bertz CT molecular complexity index is 1240. The van der Waals surface area contributed by atoms with E-state index in [0.29, 0.717) is 22.4 Å². The van der Waals surface area contributed by atoms with Crippen molar-refractivity contribution >= 4 is 16.7 Å². The van der Waals surface area contributed by atoms with Gasteiger partial charge in [-0.2, -0.15) is 20.5 Å². The minimum Gasteiger partial charge on any atom is -0.372 e. The number of nitrogens with one attached hydrogen (secondary N) is 2. The standard InChI is InChI=1S/C14H9F3N6.C6H11NO/c1-6-5-23-14(18-6)8(13(16)17)4-10(21-23)7-2-9(15)12-11(3-7)19-22-20-12;1-2-6(8-3-1)4-7-5-6/h2-5,13H,1H3,(H,19,20,22);7H,1-5H2. The zero-order valence-corrected chi connectivity index (χ0v) is 16.7. The summed E-state index contributed by atoms with van der Waals surface area (Å²) in [6.07, 6.45) is 1.36. The highest BCUT2D eigenvalue weighted by Crippen LogP contribution is 2.30. The van der Waals surface area contributed by atoms with E-state index < -0.39 is 12.2 Å². The van der Waals surface area contributed by atoms with Gasteiger partial charge < -0.3 is 10.1 Å². The van der Waals surface area contributed by atoms with Gasteiger partial charge in [0.05, 0.1) is 28.7 Å². The Hall–Kier alpha value is -3.05. The summed E-state index contributed by atoms with van der Waals surface area (Å²) in [6, 6.07) is 3.94. The number of imidazole rings is 1. The number of hydrogen-bond donors (Lipinski definition) is 2. The molecule has 0 saturated carbocycles. The molecule has 6 rings (SSSR count). The third kappa shape index (κ3) is 3.63. The van der Waals surface area contributed by atoms with Crippen molar-refractivity contribution in [3.8, 4) is 11.3 Å². The van der Waals surface area contributed by atoms with Crippen LogP contribution in [0, 0.1) is 12.7 Å². The second-order valence-corrected chi connectivity index (χ2v) is 7.82. The molecule has 0 radical (unpaired) electrons. The van der Waals surface area contributed by atoms with Crippen molar-refractivity contribution in [1.29, 1.82) is 0 Å². The highest BCUT2D eigenvalue weighted by Gasteiger charge is 2.40. The van der Waals surface area contributed by atoms with Crippen LogP contribution in [0.1, 0.15) is 30.5 Å². The van der Waals surface area contributed by atoms with Crippen LogP contribution in [-0.4, -0.2) is 55.3 Å². The van der Waals surface area contributed by atoms with Crippen molar-refractivity contribution in [2.75, 3.05) is 19.7 Å². The van der Waals surface area contributed by atoms with Gasteiger partial charge in [-0.05, 0) is 38.0 Å². The van der Waals surface area contributed by atoms with Crippen molar-refractivity contribution in [2.45, 2.75) is 31.8 Å². The first-order valence-corrected chi connectivity index (χ1v) is 9.94. The second kappa shape index (κ2) is 7.57. The number of hydrogen-bond acceptors (Lipinski definition) is 6. The van der Waals surface area contributed by atoms with Gasteiger partial charge in [0.1, 0.15) is 11.0 Å². The molecule has 11 heteroatoms. The van der Waals surface area contributed by atoms with Gasteiger partial charge in [0.15, 0.2) is 11.5 Å². The molecule has 2 aliphatic rings. The summed E-state index contributed by atoms with van der Waals surface area (Å²) in [7, 11) is 0. The Morgan fingerprint density at radius 2 is 2.03 bits per heavy atom. The van der Waals surface area contributed by atoms with E-state index in [1.54, 1.807) is 6.92 Å². The number of benzene rings is 1. The molecule has 2 aliphatic heterocycles. The predicted octanol–water partition coefficient (Wildman–Crippen LogP) is 3.19. The van der Waals surface area contributed by atoms with E-state index in [1.165, 1.54) is 41.8 Å². The van der Waals surface area contributed by atoms with Crippen molar-refractivity contribution in [3.63, 3.8) is 0 Å². The molecule has 0 amide bonds. The number of nitrogens with zero attached hydrogens (tertiary/aromatic N) is 5. The average molecular weight is 431 g/mol. The molecule has 0 atom stereocenters. The number of ether oxygens (including phenoxy) is 1. The zero-order chi connectivity index (χ0) is 21.6. The lowest BCUT2D eigenvalue weighted by atomic mass is 9.94. The topological polar surface area (TPSA) is 93.0 Å². The summed E-state index contributed by atoms with van der Waals surface area (Å²) < 4.78 is 47.4. The Morgan fingerprint density at radius 1 is 1.19 bits per heavy atom. The van der Waals surface area contributed by atoms with Crippen LogP contribution in [0.15, 0.2) is 24.4 Å². The summed E-state index contributed by atoms with van der Waals surface area (Å²) >= 11 is 0. The van der Waals surface area contributed by atoms with Crippen LogP contribution in [-0.2, 0) is 4.74 Å². The number of alkyl halides is 2. The molecule has 4 aromatic rings. The Balaban J connectivity index is 0.000000212. The van der Waals surface area contributed by atoms with Gasteiger partial charge in [-0.25, -0.2) is 22.7 Å². The van der Waals surface area contributed by atoms with Gasteiger partial charge in [-0.1, -0.05) is 0 Å². The van der Waals surface area contributed by atoms with Crippen LogP contribution in [0.2, 0.25) is 0 Å². The molecule has 0 bridgehead atoms. The fourth-order valence-corrected chi connectivity index (χ4v) is 3.91. The number of aromatic nitrogens is 6. The Morgan fingerprint density at radius 3 is 2.68 bits per heavy atom. The van der Waals surface area contributed by atoms with Crippen LogP contribution in [0.5, 0.6) is 0 Å². The quantitative estimate of drug-likeness (QED) is 0.506. The minimum atomic E-state index is -2.72. The molecule has 162 valence electrons. The molecule has 1 spiro atoms. The van der Waals surface area contributed by atoms with Gasteiger partial charge in [0.25, 0.3) is 6.43 Å². The van der Waals surface area contributed by atoms with Gasteiger partial charge >= 0.3 is 0 Å². The van der Waals surface area contributed by atoms with E-state index in [9.17, 15) is 13.2 Å². The number of fused-ring (bicyclic) bond motifs is 2. The molecule has 0 unspecified atom stereocenters. The van der Waals surface area contributed by atoms with Gasteiger partial charge in [-0.15, -0.1) is 0 Å². The van der Waals surface area contributed by atoms with E-state index in [-0.39, 0.29) is 22.4 Å². The van der Waals surface area contributed by atoms with Crippen LogP contribution in [0.3, 0.4) is 0 Å². The highest BCUT2D eigenvalue weighted by molar-refractivity contribution is 5.81. The maximum atomic E-state index is 14.0. The summed E-state index contributed by atoms with van der Waals surface area (Å²) in [5.41, 5.74) is 1.61. The van der Waals surface area contributed by atoms with Crippen molar-refractivity contribution < 1.29 is 17.9 Å². The average Bonchev–Trinajstić information content (AvgIpc) is 3.45. The first-order chi connectivity index (χ1) is 14.9. The number of aryl methyl sites for hydroxylation is 1. The molecule has 1 aromatic carbocycles. The molecule has 8 nitrogen and oxygen atoms in total. The van der Waals surface area contributed by atoms with Gasteiger partial charge in [0.2, 0.25) is 0 Å². The highest BCUT2D eigenvalue weighted by atomic mass is 19.3. The molecule has 2 fully saturated rings. The predicted molar refractivity (Wildman–Crippen MR) is 106 cm³/mol. The van der Waals surface area contributed by atoms with Crippen LogP contribution < -0.4 is 5.32 Å². The molecule has 0 aliphatic carbocycles. The van der Waals surface area contributed by atoms with E-state index in [0.717, 1.165) is 19.7 Å². The van der Waals surface area contributed by atoms with E-state index in [2.05, 4.69) is 30.8 Å². The number of halogens is 3. The summed E-state index contributed by atoms with van der Waals surface area (Å²) in [5.74, 6) is -0.603. The first kappa shape index (κ1) is 19.9. The molecule has 5 heterocycles. The third-order valence-corrected chi connectivity index (χ3v) is 5.56. The zero-order valence-electron chi connectivity index (χ0n) is 16.7. The van der Waals surface area contributed by atoms with E-state index in [1.807, 2.05) is 0 Å². The third-order valence-electron chi connectivity index (χ3n) is 5.56. The Labute approximate surface area is 174 Å². The van der Waals surface area contributed by atoms with E-state index >= 15 is 0 Å². The lowest BCUT2D eigenvalue weighted by Gasteiger charge is -2.37. The number of rotatable bonds is 2. The lowest BCUT2D eigenvalue weighted by Crippen LogP contribution is -2.58. The van der Waals surface area contributed by atoms with Crippen LogP contribution >= 0.6 is 0 Å². The van der Waals surface area contributed by atoms with Crippen molar-refractivity contribution in [3.05, 3.63) is 41.5 Å². The van der Waals surface area contributed by atoms with Crippen LogP contribution in [0.4, 0.5) is 13.2 Å². The summed E-state index contributed by atoms with van der Waals surface area (Å²) in [6.45, 7) is 4.85. The second-order valence-electron chi connectivity index (χ2n) is 7.82. The molecule has 2 saturated heterocycles. The molecule has 31 heavy (non-hydrogen) atoms. The fraction of sp³-hybridized carbons (Fsp3) is 0.400.